The van der Waals surface area contributed by atoms with Crippen LogP contribution in [0.3, 0.4) is 0 Å². The zero-order chi connectivity index (χ0) is 24.2. The lowest BCUT2D eigenvalue weighted by Crippen LogP contribution is -2.28. The van der Waals surface area contributed by atoms with Crippen LogP contribution in [0.25, 0.3) is 22.6 Å². The third kappa shape index (κ3) is 4.89. The Balaban J connectivity index is 1.66. The van der Waals surface area contributed by atoms with E-state index < -0.39 is 4.92 Å². The average Bonchev–Trinajstić information content (AvgIpc) is 3.27. The number of likely N-dealkylation sites (N-methyl/N-ethyl adjacent to an activating group) is 2. The number of anilines is 3. The van der Waals surface area contributed by atoms with E-state index in [1.807, 2.05) is 55.2 Å². The Hall–Kier alpha value is -4.25. The summed E-state index contributed by atoms with van der Waals surface area (Å²) in [4.78, 5) is 31.9. The average molecular weight is 463 g/mol. The van der Waals surface area contributed by atoms with Gasteiger partial charge >= 0.3 is 0 Å². The monoisotopic (exact) mass is 462 g/mol. The van der Waals surface area contributed by atoms with Crippen molar-refractivity contribution in [2.24, 2.45) is 0 Å². The second-order valence-corrected chi connectivity index (χ2v) is 8.02. The van der Waals surface area contributed by atoms with Crippen LogP contribution in [0, 0.1) is 10.1 Å². The number of aromatic amines is 1. The number of nitrogens with one attached hydrogen (secondary N) is 2. The number of aromatic nitrogens is 4. The number of imidazole rings is 1. The fourth-order valence-corrected chi connectivity index (χ4v) is 3.49. The van der Waals surface area contributed by atoms with Crippen molar-refractivity contribution in [1.29, 1.82) is 0 Å². The molecule has 11 nitrogen and oxygen atoms in total. The van der Waals surface area contributed by atoms with Gasteiger partial charge in [-0.2, -0.15) is 0 Å². The van der Waals surface area contributed by atoms with Gasteiger partial charge in [0.25, 0.3) is 5.69 Å². The Morgan fingerprint density at radius 3 is 2.62 bits per heavy atom. The van der Waals surface area contributed by atoms with E-state index in [0.29, 0.717) is 35.2 Å². The minimum atomic E-state index is -0.405. The zero-order valence-electron chi connectivity index (χ0n) is 19.4. The van der Waals surface area contributed by atoms with Gasteiger partial charge < -0.3 is 24.8 Å². The number of nitrogens with zero attached hydrogens (tertiary/aromatic N) is 6. The van der Waals surface area contributed by atoms with E-state index >= 15 is 0 Å². The number of benzene rings is 2. The molecule has 34 heavy (non-hydrogen) atoms. The Labute approximate surface area is 196 Å². The molecule has 0 spiro atoms. The fraction of sp³-hybridized carbons (Fsp3) is 0.261. The molecular weight excluding hydrogens is 436 g/mol. The third-order valence-corrected chi connectivity index (χ3v) is 5.32. The molecule has 0 amide bonds. The number of rotatable bonds is 9. The second-order valence-electron chi connectivity index (χ2n) is 8.02. The van der Waals surface area contributed by atoms with Crippen LogP contribution in [0.5, 0.6) is 5.75 Å². The molecular formula is C23H26N8O3. The smallest absolute Gasteiger partial charge is 0.294 e. The van der Waals surface area contributed by atoms with E-state index in [4.69, 9.17) is 4.74 Å². The molecule has 0 unspecified atom stereocenters. The first kappa shape index (κ1) is 22.9. The lowest BCUT2D eigenvalue weighted by atomic mass is 10.2. The van der Waals surface area contributed by atoms with Crippen molar-refractivity contribution in [3.05, 3.63) is 58.8 Å². The van der Waals surface area contributed by atoms with Crippen molar-refractivity contribution in [2.75, 3.05) is 51.6 Å². The number of hydrogen-bond donors (Lipinski definition) is 2. The Bertz CT molecular complexity index is 1290. The van der Waals surface area contributed by atoms with E-state index in [1.165, 1.54) is 13.2 Å². The maximum atomic E-state index is 11.8. The maximum Gasteiger partial charge on any atom is 0.294 e. The van der Waals surface area contributed by atoms with Crippen molar-refractivity contribution >= 4 is 34.0 Å². The van der Waals surface area contributed by atoms with Crippen LogP contribution in [0.4, 0.5) is 23.0 Å². The van der Waals surface area contributed by atoms with Gasteiger partial charge in [0.15, 0.2) is 5.82 Å². The van der Waals surface area contributed by atoms with Gasteiger partial charge in [0, 0.05) is 38.5 Å². The fourth-order valence-electron chi connectivity index (χ4n) is 3.49. The molecule has 2 N–H and O–H groups in total. The molecule has 2 aromatic carbocycles. The minimum absolute atomic E-state index is 0.0435. The molecule has 0 saturated heterocycles. The van der Waals surface area contributed by atoms with Crippen LogP contribution in [-0.4, -0.2) is 71.1 Å². The van der Waals surface area contributed by atoms with Gasteiger partial charge in [-0.1, -0.05) is 12.1 Å². The van der Waals surface area contributed by atoms with Crippen molar-refractivity contribution in [3.63, 3.8) is 0 Å². The minimum Gasteiger partial charge on any atom is -0.494 e. The summed E-state index contributed by atoms with van der Waals surface area (Å²) < 4.78 is 5.53. The first-order chi connectivity index (χ1) is 16.4. The van der Waals surface area contributed by atoms with Crippen LogP contribution in [0.15, 0.2) is 48.7 Å². The number of methoxy groups -OCH3 is 1. The van der Waals surface area contributed by atoms with Gasteiger partial charge in [-0.25, -0.2) is 15.0 Å². The molecule has 4 aromatic rings. The van der Waals surface area contributed by atoms with E-state index in [9.17, 15) is 10.1 Å². The lowest BCUT2D eigenvalue weighted by molar-refractivity contribution is -0.384. The molecule has 4 rings (SSSR count). The van der Waals surface area contributed by atoms with Crippen LogP contribution in [0.2, 0.25) is 0 Å². The molecule has 176 valence electrons. The van der Waals surface area contributed by atoms with Crippen LogP contribution in [-0.2, 0) is 0 Å². The number of para-hydroxylation sites is 2. The van der Waals surface area contributed by atoms with Crippen molar-refractivity contribution in [2.45, 2.75) is 0 Å². The van der Waals surface area contributed by atoms with Crippen molar-refractivity contribution in [1.82, 2.24) is 24.8 Å². The predicted molar refractivity (Wildman–Crippen MR) is 132 cm³/mol. The van der Waals surface area contributed by atoms with E-state index in [1.54, 1.807) is 18.3 Å². The van der Waals surface area contributed by atoms with Crippen LogP contribution < -0.4 is 15.0 Å². The Kier molecular flexibility index (Phi) is 6.55. The first-order valence-electron chi connectivity index (χ1n) is 10.6. The van der Waals surface area contributed by atoms with Crippen LogP contribution in [0.1, 0.15) is 0 Å². The number of nitro groups is 1. The summed E-state index contributed by atoms with van der Waals surface area (Å²) in [6, 6.07) is 12.5. The summed E-state index contributed by atoms with van der Waals surface area (Å²) in [5.74, 6) is 1.30. The molecule has 0 aliphatic rings. The molecule has 0 radical (unpaired) electrons. The number of nitro benzene ring substituents is 1. The Morgan fingerprint density at radius 2 is 1.91 bits per heavy atom. The second kappa shape index (κ2) is 9.71. The van der Waals surface area contributed by atoms with Gasteiger partial charge in [-0.15, -0.1) is 0 Å². The van der Waals surface area contributed by atoms with Gasteiger partial charge in [0.05, 0.1) is 28.8 Å². The SMILES string of the molecule is COc1cc(N(C)CCN(C)C)c([N+](=O)[O-])cc1Nc1nccc(-c2nc3ccccc3[nH]2)n1. The summed E-state index contributed by atoms with van der Waals surface area (Å²) in [5, 5.41) is 14.9. The summed E-state index contributed by atoms with van der Waals surface area (Å²) >= 11 is 0. The van der Waals surface area contributed by atoms with E-state index in [-0.39, 0.29) is 11.6 Å². The van der Waals surface area contributed by atoms with Crippen molar-refractivity contribution < 1.29 is 9.66 Å². The molecule has 0 aliphatic heterocycles. The molecule has 0 saturated carbocycles. The topological polar surface area (TPSA) is 125 Å². The highest BCUT2D eigenvalue weighted by Gasteiger charge is 2.22. The maximum absolute atomic E-state index is 11.8. The molecule has 2 heterocycles. The predicted octanol–water partition coefficient (Wildman–Crippen LogP) is 3.68. The van der Waals surface area contributed by atoms with Gasteiger partial charge in [-0.05, 0) is 32.3 Å². The highest BCUT2D eigenvalue weighted by atomic mass is 16.6. The van der Waals surface area contributed by atoms with Crippen molar-refractivity contribution in [3.8, 4) is 17.3 Å². The number of hydrogen-bond acceptors (Lipinski definition) is 9. The number of fused-ring (bicyclic) bond motifs is 1. The first-order valence-corrected chi connectivity index (χ1v) is 10.6. The standard InChI is InChI=1S/C23H26N8O3/c1-29(2)11-12-30(3)19-14-21(34-4)18(13-20(19)31(32)33)28-23-24-10-9-17(27-23)22-25-15-7-5-6-8-16(15)26-22/h5-10,13-14H,11-12H2,1-4H3,(H,25,26)(H,24,27,28). The van der Waals surface area contributed by atoms with Gasteiger partial charge in [0.2, 0.25) is 5.95 Å². The third-order valence-electron chi connectivity index (χ3n) is 5.32. The van der Waals surface area contributed by atoms with E-state index in [0.717, 1.165) is 17.6 Å². The summed E-state index contributed by atoms with van der Waals surface area (Å²) in [6.45, 7) is 1.37. The molecule has 0 bridgehead atoms. The molecule has 0 atom stereocenters. The number of ether oxygens (including phenoxy) is 1. The molecule has 2 aromatic heterocycles. The summed E-state index contributed by atoms with van der Waals surface area (Å²) in [7, 11) is 7.24. The number of H-pyrrole nitrogens is 1. The highest BCUT2D eigenvalue weighted by molar-refractivity contribution is 5.79. The quantitative estimate of drug-likeness (QED) is 0.283. The largest absolute Gasteiger partial charge is 0.494 e. The summed E-state index contributed by atoms with van der Waals surface area (Å²) in [6.07, 6.45) is 1.60. The Morgan fingerprint density at radius 1 is 1.12 bits per heavy atom. The molecule has 11 heteroatoms. The van der Waals surface area contributed by atoms with Gasteiger partial charge in [-0.3, -0.25) is 10.1 Å². The lowest BCUT2D eigenvalue weighted by Gasteiger charge is -2.22. The molecule has 0 aliphatic carbocycles. The van der Waals surface area contributed by atoms with E-state index in [2.05, 4.69) is 25.3 Å². The van der Waals surface area contributed by atoms with Crippen LogP contribution >= 0.6 is 0 Å². The zero-order valence-corrected chi connectivity index (χ0v) is 19.4. The highest BCUT2D eigenvalue weighted by Crippen LogP contribution is 2.39. The summed E-state index contributed by atoms with van der Waals surface area (Å²) in [5.41, 5.74) is 3.13. The van der Waals surface area contributed by atoms with Gasteiger partial charge in [0.1, 0.15) is 17.1 Å². The normalized spacial score (nSPS) is 11.1. The molecule has 0 fully saturated rings.